The second kappa shape index (κ2) is 5.33. The van der Waals surface area contributed by atoms with Gasteiger partial charge in [0.25, 0.3) is 0 Å². The van der Waals surface area contributed by atoms with E-state index in [-0.39, 0.29) is 0 Å². The number of hydrogen-bond donors (Lipinski definition) is 1. The third kappa shape index (κ3) is 2.78. The molecular formula is C12H16BrN3S. The molecule has 0 fully saturated rings. The van der Waals surface area contributed by atoms with E-state index in [1.54, 1.807) is 0 Å². The van der Waals surface area contributed by atoms with Crippen LogP contribution < -0.4 is 5.32 Å². The molecular weight excluding hydrogens is 298 g/mol. The third-order valence-corrected chi connectivity index (χ3v) is 4.88. The van der Waals surface area contributed by atoms with Gasteiger partial charge in [0, 0.05) is 16.3 Å². The molecule has 17 heavy (non-hydrogen) atoms. The second-order valence-corrected chi connectivity index (χ2v) is 6.09. The van der Waals surface area contributed by atoms with E-state index in [1.165, 1.54) is 15.4 Å². The molecule has 0 atom stereocenters. The van der Waals surface area contributed by atoms with Crippen molar-refractivity contribution in [2.45, 2.75) is 26.9 Å². The quantitative estimate of drug-likeness (QED) is 0.940. The van der Waals surface area contributed by atoms with Crippen LogP contribution in [0.5, 0.6) is 0 Å². The predicted molar refractivity (Wildman–Crippen MR) is 75.6 cm³/mol. The zero-order valence-electron chi connectivity index (χ0n) is 10.2. The van der Waals surface area contributed by atoms with Crippen LogP contribution in [-0.2, 0) is 13.1 Å². The number of thiophene rings is 1. The Balaban J connectivity index is 2.16. The summed E-state index contributed by atoms with van der Waals surface area (Å²) in [7, 11) is 1.97. The molecule has 1 N–H and O–H groups in total. The molecule has 0 saturated carbocycles. The second-order valence-electron chi connectivity index (χ2n) is 4.04. The van der Waals surface area contributed by atoms with Gasteiger partial charge in [0.05, 0.1) is 22.4 Å². The van der Waals surface area contributed by atoms with Gasteiger partial charge in [-0.1, -0.05) is 0 Å². The van der Waals surface area contributed by atoms with Crippen LogP contribution in [-0.4, -0.2) is 16.8 Å². The molecule has 0 amide bonds. The standard InChI is InChI=1S/C12H16BrN3S/c1-8-12(13)9(2)16(15-8)7-11-5-4-10(17-11)6-14-3/h4-5,14H,6-7H2,1-3H3. The van der Waals surface area contributed by atoms with Crippen LogP contribution in [0.3, 0.4) is 0 Å². The Hall–Kier alpha value is -0.650. The number of halogens is 1. The van der Waals surface area contributed by atoms with Crippen molar-refractivity contribution in [3.63, 3.8) is 0 Å². The molecule has 0 radical (unpaired) electrons. The molecule has 3 nitrogen and oxygen atoms in total. The Bertz CT molecular complexity index is 516. The summed E-state index contributed by atoms with van der Waals surface area (Å²) in [6.07, 6.45) is 0. The number of nitrogens with zero attached hydrogens (tertiary/aromatic N) is 2. The number of rotatable bonds is 4. The average Bonchev–Trinajstić information content (AvgIpc) is 2.82. The summed E-state index contributed by atoms with van der Waals surface area (Å²) in [6.45, 7) is 5.90. The van der Waals surface area contributed by atoms with E-state index in [0.29, 0.717) is 0 Å². The summed E-state index contributed by atoms with van der Waals surface area (Å²) < 4.78 is 3.17. The van der Waals surface area contributed by atoms with E-state index in [1.807, 2.05) is 25.3 Å². The first kappa shape index (κ1) is 12.8. The van der Waals surface area contributed by atoms with Gasteiger partial charge in [0.1, 0.15) is 0 Å². The van der Waals surface area contributed by atoms with Crippen LogP contribution in [0, 0.1) is 13.8 Å². The Morgan fingerprint density at radius 2 is 2.06 bits per heavy atom. The lowest BCUT2D eigenvalue weighted by atomic mass is 10.4. The van der Waals surface area contributed by atoms with Crippen LogP contribution in [0.1, 0.15) is 21.1 Å². The minimum atomic E-state index is 0.854. The number of aromatic nitrogens is 2. The topological polar surface area (TPSA) is 29.9 Å². The van der Waals surface area contributed by atoms with Crippen molar-refractivity contribution < 1.29 is 0 Å². The number of hydrogen-bond acceptors (Lipinski definition) is 3. The first-order chi connectivity index (χ1) is 8.11. The Morgan fingerprint density at radius 1 is 1.35 bits per heavy atom. The highest BCUT2D eigenvalue weighted by molar-refractivity contribution is 9.10. The van der Waals surface area contributed by atoms with Crippen LogP contribution in [0.25, 0.3) is 0 Å². The fourth-order valence-corrected chi connectivity index (χ4v) is 3.05. The largest absolute Gasteiger partial charge is 0.315 e. The highest BCUT2D eigenvalue weighted by Gasteiger charge is 2.09. The molecule has 0 saturated heterocycles. The molecule has 0 aliphatic rings. The van der Waals surface area contributed by atoms with Gasteiger partial charge in [-0.2, -0.15) is 5.10 Å². The van der Waals surface area contributed by atoms with Gasteiger partial charge in [0.2, 0.25) is 0 Å². The van der Waals surface area contributed by atoms with Gasteiger partial charge in [-0.3, -0.25) is 4.68 Å². The molecule has 0 aliphatic heterocycles. The zero-order chi connectivity index (χ0) is 12.4. The van der Waals surface area contributed by atoms with Crippen molar-refractivity contribution in [1.29, 1.82) is 0 Å². The maximum Gasteiger partial charge on any atom is 0.0755 e. The predicted octanol–water partition coefficient (Wildman–Crippen LogP) is 3.09. The van der Waals surface area contributed by atoms with Gasteiger partial charge in [-0.15, -0.1) is 11.3 Å². The minimum Gasteiger partial charge on any atom is -0.315 e. The molecule has 0 unspecified atom stereocenters. The summed E-state index contributed by atoms with van der Waals surface area (Å²) in [6, 6.07) is 4.36. The third-order valence-electron chi connectivity index (χ3n) is 2.67. The normalized spacial score (nSPS) is 11.1. The van der Waals surface area contributed by atoms with Gasteiger partial charge in [-0.25, -0.2) is 0 Å². The van der Waals surface area contributed by atoms with Crippen molar-refractivity contribution >= 4 is 27.3 Å². The lowest BCUT2D eigenvalue weighted by molar-refractivity contribution is 0.665. The van der Waals surface area contributed by atoms with Crippen molar-refractivity contribution in [3.8, 4) is 0 Å². The van der Waals surface area contributed by atoms with Gasteiger partial charge < -0.3 is 5.32 Å². The highest BCUT2D eigenvalue weighted by Crippen LogP contribution is 2.23. The lowest BCUT2D eigenvalue weighted by Crippen LogP contribution is -2.03. The zero-order valence-corrected chi connectivity index (χ0v) is 12.7. The van der Waals surface area contributed by atoms with Gasteiger partial charge in [0.15, 0.2) is 0 Å². The molecule has 2 heterocycles. The molecule has 5 heteroatoms. The number of aryl methyl sites for hydroxylation is 1. The number of nitrogens with one attached hydrogen (secondary N) is 1. The maximum atomic E-state index is 4.52. The van der Waals surface area contributed by atoms with Gasteiger partial charge >= 0.3 is 0 Å². The van der Waals surface area contributed by atoms with Crippen LogP contribution in [0.15, 0.2) is 16.6 Å². The van der Waals surface area contributed by atoms with E-state index < -0.39 is 0 Å². The Kier molecular flexibility index (Phi) is 4.01. The molecule has 2 rings (SSSR count). The Labute approximate surface area is 114 Å². The van der Waals surface area contributed by atoms with Crippen molar-refractivity contribution in [1.82, 2.24) is 15.1 Å². The SMILES string of the molecule is CNCc1ccc(Cn2nc(C)c(Br)c2C)s1. The molecule has 2 aromatic rings. The van der Waals surface area contributed by atoms with Crippen molar-refractivity contribution in [3.05, 3.63) is 37.7 Å². The summed E-state index contributed by atoms with van der Waals surface area (Å²) >= 11 is 5.39. The fourth-order valence-electron chi connectivity index (χ4n) is 1.75. The van der Waals surface area contributed by atoms with Crippen LogP contribution in [0.4, 0.5) is 0 Å². The first-order valence-corrected chi connectivity index (χ1v) is 7.14. The summed E-state index contributed by atoms with van der Waals surface area (Å²) in [5.74, 6) is 0. The highest BCUT2D eigenvalue weighted by atomic mass is 79.9. The lowest BCUT2D eigenvalue weighted by Gasteiger charge is -2.01. The van der Waals surface area contributed by atoms with E-state index in [0.717, 1.165) is 23.3 Å². The van der Waals surface area contributed by atoms with Crippen LogP contribution in [0.2, 0.25) is 0 Å². The molecule has 92 valence electrons. The van der Waals surface area contributed by atoms with Crippen molar-refractivity contribution in [2.24, 2.45) is 0 Å². The average molecular weight is 314 g/mol. The summed E-state index contributed by atoms with van der Waals surface area (Å²) in [5.41, 5.74) is 2.24. The minimum absolute atomic E-state index is 0.854. The Morgan fingerprint density at radius 3 is 2.65 bits per heavy atom. The summed E-state index contributed by atoms with van der Waals surface area (Å²) in [4.78, 5) is 2.71. The molecule has 0 bridgehead atoms. The molecule has 0 aromatic carbocycles. The first-order valence-electron chi connectivity index (χ1n) is 5.53. The van der Waals surface area contributed by atoms with E-state index in [9.17, 15) is 0 Å². The molecule has 2 aromatic heterocycles. The van der Waals surface area contributed by atoms with Crippen molar-refractivity contribution in [2.75, 3.05) is 7.05 Å². The van der Waals surface area contributed by atoms with Gasteiger partial charge in [-0.05, 0) is 49.0 Å². The van der Waals surface area contributed by atoms with E-state index in [4.69, 9.17) is 0 Å². The summed E-state index contributed by atoms with van der Waals surface area (Å²) in [5, 5.41) is 7.69. The monoisotopic (exact) mass is 313 g/mol. The van der Waals surface area contributed by atoms with E-state index in [2.05, 4.69) is 50.1 Å². The maximum absolute atomic E-state index is 4.52. The molecule has 0 spiro atoms. The molecule has 0 aliphatic carbocycles. The smallest absolute Gasteiger partial charge is 0.0755 e. The fraction of sp³-hybridized carbons (Fsp3) is 0.417. The van der Waals surface area contributed by atoms with E-state index >= 15 is 0 Å². The van der Waals surface area contributed by atoms with Crippen LogP contribution >= 0.6 is 27.3 Å².